The van der Waals surface area contributed by atoms with Crippen LogP contribution < -0.4 is 10.2 Å². The molecule has 0 aliphatic carbocycles. The quantitative estimate of drug-likeness (QED) is 0.311. The fraction of sp³-hybridized carbons (Fsp3) is 0.459. The molecule has 3 amide bonds. The van der Waals surface area contributed by atoms with Crippen LogP contribution in [0.15, 0.2) is 77.3 Å². The maximum Gasteiger partial charge on any atom is 0.313 e. The first kappa shape index (κ1) is 35.3. The van der Waals surface area contributed by atoms with Crippen molar-refractivity contribution in [3.63, 3.8) is 0 Å². The highest BCUT2D eigenvalue weighted by Gasteiger charge is 2.75. The summed E-state index contributed by atoms with van der Waals surface area (Å²) in [4.78, 5) is 60.3. The van der Waals surface area contributed by atoms with Gasteiger partial charge in [0.25, 0.3) is 5.91 Å². The number of anilines is 1. The summed E-state index contributed by atoms with van der Waals surface area (Å²) < 4.78 is 13.4. The van der Waals surface area contributed by atoms with Crippen LogP contribution in [0.3, 0.4) is 0 Å². The number of aliphatic hydroxyl groups excluding tert-OH is 1. The van der Waals surface area contributed by atoms with Gasteiger partial charge in [-0.1, -0.05) is 83.9 Å². The zero-order valence-electron chi connectivity index (χ0n) is 27.6. The molecule has 2 N–H and O–H groups in total. The third kappa shape index (κ3) is 6.58. The predicted octanol–water partition coefficient (Wildman–Crippen LogP) is 5.09. The lowest BCUT2D eigenvalue weighted by molar-refractivity contribution is -0.161. The van der Waals surface area contributed by atoms with E-state index in [1.807, 2.05) is 56.3 Å². The first-order valence-electron chi connectivity index (χ1n) is 16.7. The Morgan fingerprint density at radius 3 is 2.41 bits per heavy atom. The van der Waals surface area contributed by atoms with Crippen LogP contribution in [0.25, 0.3) is 0 Å². The van der Waals surface area contributed by atoms with E-state index in [1.54, 1.807) is 42.2 Å². The summed E-state index contributed by atoms with van der Waals surface area (Å²) in [5.41, 5.74) is -0.300. The van der Waals surface area contributed by atoms with Gasteiger partial charge >= 0.3 is 5.97 Å². The summed E-state index contributed by atoms with van der Waals surface area (Å²) in [5, 5.41) is 14.2. The lowest BCUT2D eigenvalue weighted by Gasteiger charge is -2.39. The second kappa shape index (κ2) is 14.4. The van der Waals surface area contributed by atoms with Gasteiger partial charge in [-0.3, -0.25) is 19.2 Å². The number of ether oxygens (including phenoxy) is 2. The number of amides is 3. The molecular weight excluding hydrogens is 714 g/mol. The van der Waals surface area contributed by atoms with Gasteiger partial charge in [0.1, 0.15) is 29.8 Å². The van der Waals surface area contributed by atoms with Gasteiger partial charge in [-0.05, 0) is 61.6 Å². The molecule has 2 fully saturated rings. The van der Waals surface area contributed by atoms with E-state index in [0.717, 1.165) is 0 Å². The molecular formula is C37H41BrClN3O7. The molecule has 0 radical (unpaired) electrons. The number of hydrogen-bond acceptors (Lipinski definition) is 7. The number of allylic oxidation sites excluding steroid dienone is 1. The van der Waals surface area contributed by atoms with E-state index in [-0.39, 0.29) is 31.4 Å². The van der Waals surface area contributed by atoms with E-state index < -0.39 is 65.6 Å². The van der Waals surface area contributed by atoms with Crippen molar-refractivity contribution in [2.45, 2.75) is 76.0 Å². The van der Waals surface area contributed by atoms with Gasteiger partial charge < -0.3 is 29.7 Å². The molecule has 5 bridgehead atoms. The molecule has 4 heterocycles. The Balaban J connectivity index is 1.50. The predicted molar refractivity (Wildman–Crippen MR) is 188 cm³/mol. The average Bonchev–Trinajstić information content (AvgIpc) is 3.67. The molecule has 2 aromatic rings. The first-order chi connectivity index (χ1) is 23.5. The lowest BCUT2D eigenvalue weighted by Crippen LogP contribution is -2.59. The highest BCUT2D eigenvalue weighted by Crippen LogP contribution is 2.59. The molecule has 2 aromatic carbocycles. The average molecular weight is 755 g/mol. The van der Waals surface area contributed by atoms with Crippen LogP contribution in [0.2, 0.25) is 5.02 Å². The number of halogens is 2. The Bertz CT molecular complexity index is 1650. The normalized spacial score (nSPS) is 31.8. The standard InChI is InChI=1S/C37H41BrClN3O7/c1-21(2)18-26(20-43)42-33-35(46)41(25-15-13-24(39)14-16-25)17-9-5-8-12-28(44)40-22(3)31(23-10-6-4-7-11-23)48-36(47)29-30(34(42)45)37(33)19-27(38)32(29)49-37/h4-7,9-11,13-16,19,21-22,26,29-33,43H,8,12,17-18,20H2,1-3H3,(H,40,44)/b9-5-/t22-,26+,29+,30-,31+,32+,33+,37-/m0/s1. The van der Waals surface area contributed by atoms with Crippen LogP contribution in [-0.2, 0) is 28.7 Å². The molecule has 49 heavy (non-hydrogen) atoms. The van der Waals surface area contributed by atoms with Gasteiger partial charge in [-0.25, -0.2) is 0 Å². The summed E-state index contributed by atoms with van der Waals surface area (Å²) in [6.45, 7) is 5.49. The van der Waals surface area contributed by atoms with Crippen LogP contribution in [0.5, 0.6) is 0 Å². The number of fused-ring (bicyclic) bond motifs is 2. The fourth-order valence-electron chi connectivity index (χ4n) is 7.73. The Labute approximate surface area is 299 Å². The summed E-state index contributed by atoms with van der Waals surface area (Å²) in [6, 6.07) is 13.4. The van der Waals surface area contributed by atoms with E-state index >= 15 is 4.79 Å². The zero-order chi connectivity index (χ0) is 35.0. The summed E-state index contributed by atoms with van der Waals surface area (Å²) in [6.07, 6.45) is 4.68. The number of nitrogens with one attached hydrogen (secondary N) is 1. The van der Waals surface area contributed by atoms with Crippen molar-refractivity contribution in [2.24, 2.45) is 17.8 Å². The number of carbonyl (C=O) groups excluding carboxylic acids is 4. The first-order valence-corrected chi connectivity index (χ1v) is 17.9. The minimum Gasteiger partial charge on any atom is -0.455 e. The molecule has 260 valence electrons. The van der Waals surface area contributed by atoms with Crippen molar-refractivity contribution in [2.75, 3.05) is 18.1 Å². The number of aliphatic hydroxyl groups is 1. The van der Waals surface area contributed by atoms with E-state index in [0.29, 0.717) is 33.6 Å². The second-order valence-electron chi connectivity index (χ2n) is 13.6. The topological polar surface area (TPSA) is 125 Å². The molecule has 2 saturated heterocycles. The van der Waals surface area contributed by atoms with Crippen molar-refractivity contribution in [1.29, 1.82) is 0 Å². The Hall–Kier alpha value is -3.51. The molecule has 0 unspecified atom stereocenters. The number of cyclic esters (lactones) is 1. The van der Waals surface area contributed by atoms with Crippen molar-refractivity contribution >= 4 is 56.9 Å². The van der Waals surface area contributed by atoms with Gasteiger partial charge in [0.05, 0.1) is 24.6 Å². The highest BCUT2D eigenvalue weighted by molar-refractivity contribution is 9.11. The summed E-state index contributed by atoms with van der Waals surface area (Å²) in [7, 11) is 0. The maximum atomic E-state index is 15.1. The molecule has 6 rings (SSSR count). The van der Waals surface area contributed by atoms with Gasteiger partial charge in [0, 0.05) is 28.2 Å². The van der Waals surface area contributed by atoms with Crippen molar-refractivity contribution in [3.05, 3.63) is 87.9 Å². The number of benzene rings is 2. The van der Waals surface area contributed by atoms with Gasteiger partial charge in [-0.15, -0.1) is 0 Å². The van der Waals surface area contributed by atoms with Crippen LogP contribution in [0.4, 0.5) is 5.69 Å². The van der Waals surface area contributed by atoms with Crippen LogP contribution in [0.1, 0.15) is 51.7 Å². The molecule has 0 aromatic heterocycles. The molecule has 4 aliphatic heterocycles. The van der Waals surface area contributed by atoms with Gasteiger partial charge in [0.2, 0.25) is 11.8 Å². The molecule has 12 heteroatoms. The van der Waals surface area contributed by atoms with E-state index in [9.17, 15) is 19.5 Å². The third-order valence-electron chi connectivity index (χ3n) is 9.83. The maximum absolute atomic E-state index is 15.1. The van der Waals surface area contributed by atoms with Gasteiger partial charge in [0.15, 0.2) is 0 Å². The van der Waals surface area contributed by atoms with Crippen molar-refractivity contribution < 1.29 is 33.8 Å². The summed E-state index contributed by atoms with van der Waals surface area (Å²) >= 11 is 9.81. The van der Waals surface area contributed by atoms with Gasteiger partial charge in [-0.2, -0.15) is 0 Å². The minimum atomic E-state index is -1.52. The molecule has 8 atom stereocenters. The number of carbonyl (C=O) groups is 4. The minimum absolute atomic E-state index is 0.0862. The van der Waals surface area contributed by atoms with E-state index in [4.69, 9.17) is 21.1 Å². The number of esters is 1. The number of rotatable bonds is 6. The Kier molecular flexibility index (Phi) is 10.4. The molecule has 4 aliphatic rings. The number of likely N-dealkylation sites (tertiary alicyclic amines) is 1. The summed E-state index contributed by atoms with van der Waals surface area (Å²) in [5.74, 6) is -3.90. The Morgan fingerprint density at radius 2 is 1.73 bits per heavy atom. The van der Waals surface area contributed by atoms with Crippen molar-refractivity contribution in [3.8, 4) is 0 Å². The van der Waals surface area contributed by atoms with E-state index in [1.165, 1.54) is 4.90 Å². The highest BCUT2D eigenvalue weighted by atomic mass is 79.9. The molecule has 1 spiro atoms. The van der Waals surface area contributed by atoms with Crippen LogP contribution in [0, 0.1) is 17.8 Å². The zero-order valence-corrected chi connectivity index (χ0v) is 30.0. The lowest BCUT2D eigenvalue weighted by atomic mass is 9.74. The van der Waals surface area contributed by atoms with Crippen LogP contribution in [-0.4, -0.2) is 76.7 Å². The van der Waals surface area contributed by atoms with E-state index in [2.05, 4.69) is 21.2 Å². The van der Waals surface area contributed by atoms with Crippen LogP contribution >= 0.6 is 27.5 Å². The SMILES string of the molecule is CC(C)C[C@H](CO)N1C(=O)[C@@H]2[C@H]3C(=O)O[C@@H](c4ccccc4)[C@H](C)NC(=O)CC/C=C\CN(c4ccc(Cl)cc4)C(=O)[C@@H]1[C@]21C=C(Br)[C@H]3O1. The third-order valence-corrected chi connectivity index (χ3v) is 10.8. The largest absolute Gasteiger partial charge is 0.455 e. The molecule has 10 nitrogen and oxygen atoms in total. The van der Waals surface area contributed by atoms with Crippen molar-refractivity contribution in [1.82, 2.24) is 10.2 Å². The second-order valence-corrected chi connectivity index (χ2v) is 15.0. The fourth-order valence-corrected chi connectivity index (χ4v) is 8.59. The molecule has 0 saturated carbocycles. The number of nitrogens with zero attached hydrogens (tertiary/aromatic N) is 2. The monoisotopic (exact) mass is 753 g/mol. The Morgan fingerprint density at radius 1 is 1.02 bits per heavy atom. The number of hydrogen-bond donors (Lipinski definition) is 2. The smallest absolute Gasteiger partial charge is 0.313 e.